The number of ketones is 1. The van der Waals surface area contributed by atoms with Crippen LogP contribution in [0.2, 0.25) is 5.02 Å². The fourth-order valence-corrected chi connectivity index (χ4v) is 4.82. The quantitative estimate of drug-likeness (QED) is 0.231. The molecule has 6 nitrogen and oxygen atoms in total. The molecule has 2 atom stereocenters. The molecule has 3 aromatic rings. The van der Waals surface area contributed by atoms with Crippen LogP contribution in [-0.4, -0.2) is 32.2 Å². The van der Waals surface area contributed by atoms with E-state index < -0.39 is 11.5 Å². The molecular weight excluding hydrogens is 567 g/mol. The van der Waals surface area contributed by atoms with E-state index in [1.807, 2.05) is 30.4 Å². The molecule has 0 bridgehead atoms. The van der Waals surface area contributed by atoms with Crippen LogP contribution < -0.4 is 5.32 Å². The molecule has 1 aromatic carbocycles. The summed E-state index contributed by atoms with van der Waals surface area (Å²) in [5, 5.41) is 14.4. The van der Waals surface area contributed by atoms with Gasteiger partial charge in [0.1, 0.15) is 11.3 Å². The summed E-state index contributed by atoms with van der Waals surface area (Å²) in [6, 6.07) is 9.08. The standard InChI is InChI=1S/C27H25BrCl2N2O4/c1-5-21(33)24-23(32-26(34)27(3,4)35)18-11-16(14-6-8-15(29)9-7-14)22(31-25(18)36-24)17-10-13(2)19(28)12-20(17)30/h6-13,19,35H,5H2,1-4H3,(H,32,34). The van der Waals surface area contributed by atoms with Crippen molar-refractivity contribution in [3.63, 3.8) is 0 Å². The van der Waals surface area contributed by atoms with E-state index >= 15 is 0 Å². The van der Waals surface area contributed by atoms with Crippen LogP contribution in [0.1, 0.15) is 50.4 Å². The summed E-state index contributed by atoms with van der Waals surface area (Å²) in [5.74, 6) is -0.858. The van der Waals surface area contributed by atoms with Crippen molar-refractivity contribution >= 4 is 73.2 Å². The maximum atomic E-state index is 12.7. The van der Waals surface area contributed by atoms with E-state index in [0.717, 1.165) is 11.1 Å². The Hall–Kier alpha value is -2.45. The van der Waals surface area contributed by atoms with Gasteiger partial charge in [-0.3, -0.25) is 9.59 Å². The molecule has 4 rings (SSSR count). The number of halogens is 3. The monoisotopic (exact) mass is 590 g/mol. The maximum absolute atomic E-state index is 12.7. The summed E-state index contributed by atoms with van der Waals surface area (Å²) in [4.78, 5) is 30.3. The molecule has 0 aliphatic heterocycles. The van der Waals surface area contributed by atoms with Crippen molar-refractivity contribution in [3.05, 3.63) is 64.0 Å². The summed E-state index contributed by atoms with van der Waals surface area (Å²) >= 11 is 16.4. The molecule has 0 spiro atoms. The maximum Gasteiger partial charge on any atom is 0.255 e. The number of hydrogen-bond acceptors (Lipinski definition) is 5. The molecule has 0 radical (unpaired) electrons. The van der Waals surface area contributed by atoms with Gasteiger partial charge in [0.15, 0.2) is 11.5 Å². The van der Waals surface area contributed by atoms with Crippen molar-refractivity contribution in [1.29, 1.82) is 0 Å². The van der Waals surface area contributed by atoms with E-state index in [1.54, 1.807) is 19.1 Å². The van der Waals surface area contributed by atoms with Crippen LogP contribution in [0.5, 0.6) is 0 Å². The normalized spacial score (nSPS) is 18.1. The molecule has 188 valence electrons. The minimum Gasteiger partial charge on any atom is -0.432 e. The van der Waals surface area contributed by atoms with Crippen LogP contribution >= 0.6 is 39.1 Å². The van der Waals surface area contributed by atoms with E-state index in [9.17, 15) is 14.7 Å². The first-order valence-electron chi connectivity index (χ1n) is 11.4. The number of anilines is 1. The van der Waals surface area contributed by atoms with Gasteiger partial charge in [-0.25, -0.2) is 4.98 Å². The zero-order chi connectivity index (χ0) is 26.4. The predicted octanol–water partition coefficient (Wildman–Crippen LogP) is 7.37. The summed E-state index contributed by atoms with van der Waals surface area (Å²) < 4.78 is 5.91. The molecule has 0 saturated carbocycles. The summed E-state index contributed by atoms with van der Waals surface area (Å²) in [7, 11) is 0. The molecule has 2 N–H and O–H groups in total. The Morgan fingerprint density at radius 3 is 2.47 bits per heavy atom. The van der Waals surface area contributed by atoms with Gasteiger partial charge in [0.2, 0.25) is 5.71 Å². The third kappa shape index (κ3) is 5.16. The van der Waals surface area contributed by atoms with Crippen LogP contribution in [0, 0.1) is 5.92 Å². The minimum absolute atomic E-state index is 0.0232. The number of furan rings is 1. The Morgan fingerprint density at radius 2 is 1.86 bits per heavy atom. The number of alkyl halides is 1. The third-order valence-electron chi connectivity index (χ3n) is 5.96. The number of amides is 1. The van der Waals surface area contributed by atoms with Crippen LogP contribution in [0.3, 0.4) is 0 Å². The number of allylic oxidation sites excluding steroid dienone is 4. The second kappa shape index (κ2) is 10.1. The zero-order valence-corrected chi connectivity index (χ0v) is 23.3. The highest BCUT2D eigenvalue weighted by molar-refractivity contribution is 9.09. The molecule has 9 heteroatoms. The van der Waals surface area contributed by atoms with Crippen LogP contribution in [0.15, 0.2) is 51.9 Å². The van der Waals surface area contributed by atoms with Gasteiger partial charge >= 0.3 is 0 Å². The lowest BCUT2D eigenvalue weighted by atomic mass is 9.91. The van der Waals surface area contributed by atoms with Gasteiger partial charge in [-0.1, -0.05) is 77.3 Å². The minimum atomic E-state index is -1.67. The number of nitrogens with zero attached hydrogens (tertiary/aromatic N) is 1. The van der Waals surface area contributed by atoms with Crippen molar-refractivity contribution in [3.8, 4) is 11.1 Å². The highest BCUT2D eigenvalue weighted by Crippen LogP contribution is 2.42. The average molecular weight is 592 g/mol. The van der Waals surface area contributed by atoms with Crippen LogP contribution in [0.4, 0.5) is 5.69 Å². The summed E-state index contributed by atoms with van der Waals surface area (Å²) in [6.07, 6.45) is 4.11. The number of carbonyl (C=O) groups excluding carboxylic acids is 2. The molecular formula is C27H25BrCl2N2O4. The number of hydrogen-bond donors (Lipinski definition) is 2. The molecule has 1 aliphatic carbocycles. The van der Waals surface area contributed by atoms with Gasteiger partial charge in [0, 0.05) is 32.4 Å². The summed E-state index contributed by atoms with van der Waals surface area (Å²) in [6.45, 7) is 6.49. The second-order valence-electron chi connectivity index (χ2n) is 9.24. The number of Topliss-reactive ketones (excluding diaryl/α,β-unsaturated/α-hetero) is 1. The molecule has 36 heavy (non-hydrogen) atoms. The SMILES string of the molecule is CCC(=O)c1oc2nc(C3=CC(C)C(Br)C=C3Cl)c(-c3ccc(Cl)cc3)cc2c1NC(=O)C(C)(C)O. The first kappa shape index (κ1) is 26.6. The Labute approximate surface area is 227 Å². The average Bonchev–Trinajstić information content (AvgIpc) is 3.17. The largest absolute Gasteiger partial charge is 0.432 e. The van der Waals surface area contributed by atoms with Crippen LogP contribution in [0.25, 0.3) is 27.8 Å². The van der Waals surface area contributed by atoms with Gasteiger partial charge in [-0.05, 0) is 43.5 Å². The molecule has 2 aromatic heterocycles. The van der Waals surface area contributed by atoms with Crippen molar-refractivity contribution in [2.75, 3.05) is 5.32 Å². The van der Waals surface area contributed by atoms with Gasteiger partial charge in [-0.2, -0.15) is 0 Å². The van der Waals surface area contributed by atoms with Crippen LogP contribution in [-0.2, 0) is 4.79 Å². The fourth-order valence-electron chi connectivity index (χ4n) is 3.83. The fraction of sp³-hybridized carbons (Fsp3) is 0.296. The summed E-state index contributed by atoms with van der Waals surface area (Å²) in [5.41, 5.74) is 1.50. The molecule has 0 saturated heterocycles. The first-order valence-corrected chi connectivity index (χ1v) is 13.1. The molecule has 1 aliphatic rings. The Bertz CT molecular complexity index is 1420. The zero-order valence-electron chi connectivity index (χ0n) is 20.2. The van der Waals surface area contributed by atoms with E-state index in [-0.39, 0.29) is 40.1 Å². The number of nitrogens with one attached hydrogen (secondary N) is 1. The van der Waals surface area contributed by atoms with Crippen molar-refractivity contribution in [1.82, 2.24) is 4.98 Å². The van der Waals surface area contributed by atoms with E-state index in [4.69, 9.17) is 32.6 Å². The molecule has 2 heterocycles. The molecule has 0 fully saturated rings. The number of aromatic nitrogens is 1. The van der Waals surface area contributed by atoms with E-state index in [2.05, 4.69) is 28.2 Å². The molecule has 2 unspecified atom stereocenters. The van der Waals surface area contributed by atoms with Gasteiger partial charge in [-0.15, -0.1) is 0 Å². The topological polar surface area (TPSA) is 92.4 Å². The number of rotatable bonds is 6. The number of fused-ring (bicyclic) bond motifs is 1. The lowest BCUT2D eigenvalue weighted by Crippen LogP contribution is -2.37. The van der Waals surface area contributed by atoms with Gasteiger partial charge in [0.25, 0.3) is 5.91 Å². The lowest BCUT2D eigenvalue weighted by molar-refractivity contribution is -0.130. The third-order valence-corrected chi connectivity index (χ3v) is 7.64. The van der Waals surface area contributed by atoms with Crippen molar-refractivity contribution in [2.24, 2.45) is 5.92 Å². The second-order valence-corrected chi connectivity index (χ2v) is 11.1. The first-order chi connectivity index (χ1) is 16.9. The van der Waals surface area contributed by atoms with Gasteiger partial charge < -0.3 is 14.8 Å². The predicted molar refractivity (Wildman–Crippen MR) is 148 cm³/mol. The van der Waals surface area contributed by atoms with Crippen molar-refractivity contribution < 1.29 is 19.1 Å². The highest BCUT2D eigenvalue weighted by Gasteiger charge is 2.30. The number of carbonyl (C=O) groups is 2. The lowest BCUT2D eigenvalue weighted by Gasteiger charge is -2.22. The van der Waals surface area contributed by atoms with E-state index in [0.29, 0.717) is 26.7 Å². The van der Waals surface area contributed by atoms with Crippen molar-refractivity contribution in [2.45, 2.75) is 44.5 Å². The van der Waals surface area contributed by atoms with E-state index in [1.165, 1.54) is 13.8 Å². The van der Waals surface area contributed by atoms with Gasteiger partial charge in [0.05, 0.1) is 11.1 Å². The number of pyridine rings is 1. The number of aliphatic hydroxyl groups is 1. The molecule has 1 amide bonds. The Morgan fingerprint density at radius 1 is 1.19 bits per heavy atom. The smallest absolute Gasteiger partial charge is 0.255 e. The Kier molecular flexibility index (Phi) is 7.49. The Balaban J connectivity index is 2.02. The number of benzene rings is 1. The highest BCUT2D eigenvalue weighted by atomic mass is 79.9.